The molecule has 18 heavy (non-hydrogen) atoms. The summed E-state index contributed by atoms with van der Waals surface area (Å²) in [7, 11) is 0. The van der Waals surface area contributed by atoms with Gasteiger partial charge in [0.25, 0.3) is 0 Å². The van der Waals surface area contributed by atoms with Crippen molar-refractivity contribution in [2.24, 2.45) is 5.73 Å². The van der Waals surface area contributed by atoms with Crippen molar-refractivity contribution in [2.45, 2.75) is 56.7 Å². The summed E-state index contributed by atoms with van der Waals surface area (Å²) in [5, 5.41) is 12.5. The summed E-state index contributed by atoms with van der Waals surface area (Å²) in [6.07, 6.45) is 5.23. The summed E-state index contributed by atoms with van der Waals surface area (Å²) >= 11 is 0. The fourth-order valence-electron chi connectivity index (χ4n) is 2.81. The second-order valence-corrected chi connectivity index (χ2v) is 5.69. The van der Waals surface area contributed by atoms with Crippen LogP contribution in [0.5, 0.6) is 0 Å². The molecular formula is C13H25N3O2. The smallest absolute Gasteiger partial charge is 0.234 e. The molecule has 0 atom stereocenters. The van der Waals surface area contributed by atoms with E-state index in [1.54, 1.807) is 0 Å². The van der Waals surface area contributed by atoms with Gasteiger partial charge in [0.15, 0.2) is 0 Å². The maximum absolute atomic E-state index is 11.9. The van der Waals surface area contributed by atoms with Crippen LogP contribution in [0.4, 0.5) is 0 Å². The number of hydrogen-bond donors (Lipinski definition) is 3. The molecule has 1 aliphatic heterocycles. The minimum atomic E-state index is -0.165. The molecule has 1 aliphatic carbocycles. The van der Waals surface area contributed by atoms with Gasteiger partial charge in [0.05, 0.1) is 12.6 Å². The third-order valence-electron chi connectivity index (χ3n) is 4.06. The van der Waals surface area contributed by atoms with E-state index in [1.165, 1.54) is 0 Å². The summed E-state index contributed by atoms with van der Waals surface area (Å²) in [6.45, 7) is 2.35. The highest BCUT2D eigenvalue weighted by molar-refractivity contribution is 5.78. The van der Waals surface area contributed by atoms with Gasteiger partial charge in [0, 0.05) is 25.2 Å². The van der Waals surface area contributed by atoms with E-state index >= 15 is 0 Å². The molecule has 0 unspecified atom stereocenters. The zero-order valence-corrected chi connectivity index (χ0v) is 11.0. The van der Waals surface area contributed by atoms with Crippen LogP contribution in [0.1, 0.15) is 38.5 Å². The Morgan fingerprint density at radius 3 is 2.39 bits per heavy atom. The molecule has 5 nitrogen and oxygen atoms in total. The standard InChI is InChI=1S/C13H25N3O2/c14-10-5-7-16(8-6-10)9-13(18)15-11-1-3-12(17)4-2-11/h10-12,17H,1-9,14H2,(H,15,18). The molecule has 2 aliphatic rings. The number of amides is 1. The fraction of sp³-hybridized carbons (Fsp3) is 0.923. The van der Waals surface area contributed by atoms with Crippen LogP contribution in [0.3, 0.4) is 0 Å². The van der Waals surface area contributed by atoms with E-state index in [4.69, 9.17) is 5.73 Å². The van der Waals surface area contributed by atoms with E-state index < -0.39 is 0 Å². The van der Waals surface area contributed by atoms with Crippen LogP contribution < -0.4 is 11.1 Å². The normalized spacial score (nSPS) is 31.2. The number of nitrogens with one attached hydrogen (secondary N) is 1. The predicted octanol–water partition coefficient (Wildman–Crippen LogP) is -0.171. The number of piperidine rings is 1. The monoisotopic (exact) mass is 255 g/mol. The van der Waals surface area contributed by atoms with Crippen molar-refractivity contribution in [3.63, 3.8) is 0 Å². The fourth-order valence-corrected chi connectivity index (χ4v) is 2.81. The third-order valence-corrected chi connectivity index (χ3v) is 4.06. The molecule has 4 N–H and O–H groups in total. The van der Waals surface area contributed by atoms with Gasteiger partial charge in [0.2, 0.25) is 5.91 Å². The van der Waals surface area contributed by atoms with Crippen LogP contribution in [0.15, 0.2) is 0 Å². The molecule has 0 bridgehead atoms. The Balaban J connectivity index is 1.66. The number of carbonyl (C=O) groups is 1. The zero-order valence-electron chi connectivity index (χ0n) is 11.0. The minimum absolute atomic E-state index is 0.117. The lowest BCUT2D eigenvalue weighted by Crippen LogP contribution is -2.47. The maximum Gasteiger partial charge on any atom is 0.234 e. The lowest BCUT2D eigenvalue weighted by Gasteiger charge is -2.31. The Morgan fingerprint density at radius 2 is 1.78 bits per heavy atom. The highest BCUT2D eigenvalue weighted by atomic mass is 16.3. The van der Waals surface area contributed by atoms with E-state index in [-0.39, 0.29) is 18.1 Å². The molecule has 2 fully saturated rings. The summed E-state index contributed by atoms with van der Waals surface area (Å²) in [6, 6.07) is 0.567. The third kappa shape index (κ3) is 4.23. The Kier molecular flexibility index (Phi) is 4.97. The predicted molar refractivity (Wildman–Crippen MR) is 70.1 cm³/mol. The largest absolute Gasteiger partial charge is 0.393 e. The quantitative estimate of drug-likeness (QED) is 0.654. The number of aliphatic hydroxyl groups is 1. The van der Waals surface area contributed by atoms with E-state index in [0.717, 1.165) is 51.6 Å². The Bertz CT molecular complexity index is 243. The van der Waals surface area contributed by atoms with Crippen LogP contribution in [-0.2, 0) is 4.79 Å². The number of likely N-dealkylation sites (tertiary alicyclic amines) is 1. The number of hydrogen-bond acceptors (Lipinski definition) is 4. The number of nitrogens with two attached hydrogens (primary N) is 1. The Morgan fingerprint density at radius 1 is 1.17 bits per heavy atom. The van der Waals surface area contributed by atoms with Gasteiger partial charge in [-0.15, -0.1) is 0 Å². The molecule has 1 heterocycles. The molecule has 5 heteroatoms. The van der Waals surface area contributed by atoms with Crippen molar-refractivity contribution < 1.29 is 9.90 Å². The van der Waals surface area contributed by atoms with Crippen LogP contribution >= 0.6 is 0 Å². The van der Waals surface area contributed by atoms with Crippen LogP contribution in [0.25, 0.3) is 0 Å². The molecule has 0 radical (unpaired) electrons. The average Bonchev–Trinajstić information content (AvgIpc) is 2.35. The topological polar surface area (TPSA) is 78.6 Å². The number of aliphatic hydroxyl groups excluding tert-OH is 1. The molecule has 104 valence electrons. The Hall–Kier alpha value is -0.650. The molecule has 2 rings (SSSR count). The van der Waals surface area contributed by atoms with Gasteiger partial charge < -0.3 is 16.2 Å². The zero-order chi connectivity index (χ0) is 13.0. The first-order valence-electron chi connectivity index (χ1n) is 7.09. The number of nitrogens with zero attached hydrogens (tertiary/aromatic N) is 1. The van der Waals surface area contributed by atoms with Crippen molar-refractivity contribution in [1.29, 1.82) is 0 Å². The molecule has 0 aromatic heterocycles. The van der Waals surface area contributed by atoms with E-state index in [9.17, 15) is 9.90 Å². The average molecular weight is 255 g/mol. The molecule has 0 spiro atoms. The van der Waals surface area contributed by atoms with Crippen LogP contribution in [0, 0.1) is 0 Å². The Labute approximate surface area is 109 Å². The first-order valence-corrected chi connectivity index (χ1v) is 7.09. The number of carbonyl (C=O) groups excluding carboxylic acids is 1. The summed E-state index contributed by atoms with van der Waals surface area (Å²) < 4.78 is 0. The van der Waals surface area contributed by atoms with Gasteiger partial charge in [-0.1, -0.05) is 0 Å². The summed E-state index contributed by atoms with van der Waals surface area (Å²) in [4.78, 5) is 14.1. The second-order valence-electron chi connectivity index (χ2n) is 5.69. The SMILES string of the molecule is NC1CCN(CC(=O)NC2CCC(O)CC2)CC1. The molecule has 1 amide bonds. The molecule has 0 aromatic rings. The molecule has 0 aromatic carbocycles. The first-order chi connectivity index (χ1) is 8.63. The van der Waals surface area contributed by atoms with E-state index in [2.05, 4.69) is 10.2 Å². The molecule has 1 saturated carbocycles. The lowest BCUT2D eigenvalue weighted by molar-refractivity contribution is -0.123. The summed E-state index contributed by atoms with van der Waals surface area (Å²) in [5.41, 5.74) is 5.84. The van der Waals surface area contributed by atoms with Crippen molar-refractivity contribution >= 4 is 5.91 Å². The van der Waals surface area contributed by atoms with Gasteiger partial charge in [-0.05, 0) is 38.5 Å². The van der Waals surface area contributed by atoms with Crippen molar-refractivity contribution in [1.82, 2.24) is 10.2 Å². The van der Waals surface area contributed by atoms with Gasteiger partial charge in [-0.3, -0.25) is 9.69 Å². The molecule has 1 saturated heterocycles. The first kappa shape index (κ1) is 13.8. The van der Waals surface area contributed by atoms with Gasteiger partial charge in [0.1, 0.15) is 0 Å². The lowest BCUT2D eigenvalue weighted by atomic mass is 9.93. The van der Waals surface area contributed by atoms with Crippen LogP contribution in [0.2, 0.25) is 0 Å². The summed E-state index contributed by atoms with van der Waals surface area (Å²) in [5.74, 6) is 0.117. The van der Waals surface area contributed by atoms with E-state index in [1.807, 2.05) is 0 Å². The van der Waals surface area contributed by atoms with Crippen molar-refractivity contribution in [3.8, 4) is 0 Å². The van der Waals surface area contributed by atoms with Crippen molar-refractivity contribution in [2.75, 3.05) is 19.6 Å². The maximum atomic E-state index is 11.9. The highest BCUT2D eigenvalue weighted by Gasteiger charge is 2.22. The van der Waals surface area contributed by atoms with Gasteiger partial charge in [-0.2, -0.15) is 0 Å². The van der Waals surface area contributed by atoms with Gasteiger partial charge in [-0.25, -0.2) is 0 Å². The van der Waals surface area contributed by atoms with E-state index in [0.29, 0.717) is 12.6 Å². The van der Waals surface area contributed by atoms with Crippen LogP contribution in [-0.4, -0.2) is 53.7 Å². The highest BCUT2D eigenvalue weighted by Crippen LogP contribution is 2.18. The second kappa shape index (κ2) is 6.50. The van der Waals surface area contributed by atoms with Crippen molar-refractivity contribution in [3.05, 3.63) is 0 Å². The van der Waals surface area contributed by atoms with Gasteiger partial charge >= 0.3 is 0 Å². The molecular weight excluding hydrogens is 230 g/mol. The minimum Gasteiger partial charge on any atom is -0.393 e. The number of rotatable bonds is 3.